The molecule has 0 saturated heterocycles. The van der Waals surface area contributed by atoms with Crippen LogP contribution in [0.15, 0.2) is 528 Å². The Morgan fingerprint density at radius 3 is 0.921 bits per heavy atom. The standard InChI is InChI=1S/3C38H31O2S2/c1-39-35-15-9-10-16-38(35)42(33-23-19-31(20-24-33)29-13-7-4-8-14-29)34-25-26-37(36(27-34)40-2)41-32-21-17-30(18-22-32)28-11-5-3-6-12-28;1-39-32-10-6-8-30(26-32)28-14-18-34(19-15-28)41-35-20-24-38(25-21-35)42(36-12-4-3-5-13-36)37-22-16-29(17-23-37)31-9-7-11-33(27-31)40-2;1-40-33-13-8-14-37(26-33)42(36-22-17-31(18-23-36)29-11-6-3-7-12-29)38-24-21-35(25-32(38)27-39)41-34-19-15-30(16-20-34)28-9-4-2-5-10-28/h2*3-27H,1-2H3;2-26,39H,27H2,1H3/q3*+1. The molecule has 0 bridgehead atoms. The van der Waals surface area contributed by atoms with Gasteiger partial charge < -0.3 is 28.8 Å². The van der Waals surface area contributed by atoms with Gasteiger partial charge in [-0.3, -0.25) is 0 Å². The van der Waals surface area contributed by atoms with Gasteiger partial charge in [0, 0.05) is 42.2 Å². The molecule has 18 rings (SSSR count). The van der Waals surface area contributed by atoms with Crippen LogP contribution in [0.4, 0.5) is 0 Å². The van der Waals surface area contributed by atoms with Crippen LogP contribution >= 0.6 is 35.3 Å². The quantitative estimate of drug-likeness (QED) is 0.0507. The van der Waals surface area contributed by atoms with Gasteiger partial charge in [0.15, 0.2) is 44.9 Å². The van der Waals surface area contributed by atoms with Crippen molar-refractivity contribution in [3.8, 4) is 95.5 Å². The van der Waals surface area contributed by atoms with Crippen LogP contribution in [0.3, 0.4) is 0 Å². The van der Waals surface area contributed by atoms with Gasteiger partial charge in [0.05, 0.1) is 68.8 Å². The van der Waals surface area contributed by atoms with Crippen molar-refractivity contribution in [1.82, 2.24) is 0 Å². The number of methoxy groups -OCH3 is 5. The summed E-state index contributed by atoms with van der Waals surface area (Å²) < 4.78 is 28.2. The highest BCUT2D eigenvalue weighted by Crippen LogP contribution is 2.45. The summed E-state index contributed by atoms with van der Waals surface area (Å²) in [4.78, 5) is 17.8. The molecule has 18 aromatic rings. The molecule has 3 atom stereocenters. The smallest absolute Gasteiger partial charge is 0.208 e. The first-order chi connectivity index (χ1) is 62.1. The molecule has 0 aliphatic carbocycles. The maximum atomic E-state index is 10.6. The van der Waals surface area contributed by atoms with Gasteiger partial charge >= 0.3 is 0 Å². The summed E-state index contributed by atoms with van der Waals surface area (Å²) in [7, 11) is 7.55. The Hall–Kier alpha value is -13.0. The number of para-hydroxylation sites is 1. The number of aliphatic hydroxyl groups excluding tert-OH is 1. The summed E-state index contributed by atoms with van der Waals surface area (Å²) in [6.07, 6.45) is 0. The monoisotopic (exact) mass is 1750 g/mol. The molecule has 126 heavy (non-hydrogen) atoms. The largest absolute Gasteiger partial charge is 0.497 e. The second kappa shape index (κ2) is 43.1. The van der Waals surface area contributed by atoms with Crippen LogP contribution in [0, 0.1) is 0 Å². The van der Waals surface area contributed by atoms with Crippen LogP contribution in [0.5, 0.6) is 28.7 Å². The van der Waals surface area contributed by atoms with Crippen LogP contribution in [-0.2, 0) is 39.3 Å². The van der Waals surface area contributed by atoms with Crippen LogP contribution in [0.2, 0.25) is 0 Å². The highest BCUT2D eigenvalue weighted by molar-refractivity contribution is 8.00. The van der Waals surface area contributed by atoms with Gasteiger partial charge in [0.1, 0.15) is 33.9 Å². The van der Waals surface area contributed by atoms with Gasteiger partial charge in [-0.25, -0.2) is 0 Å². The first-order valence-electron chi connectivity index (χ1n) is 41.4. The lowest BCUT2D eigenvalue weighted by molar-refractivity contribution is 0.278. The van der Waals surface area contributed by atoms with Crippen molar-refractivity contribution < 1.29 is 28.8 Å². The van der Waals surface area contributed by atoms with Crippen LogP contribution in [0.1, 0.15) is 5.56 Å². The van der Waals surface area contributed by atoms with E-state index in [0.29, 0.717) is 0 Å². The number of rotatable bonds is 27. The van der Waals surface area contributed by atoms with Crippen molar-refractivity contribution >= 4 is 68.0 Å². The van der Waals surface area contributed by atoms with Crippen LogP contribution in [-0.4, -0.2) is 40.7 Å². The van der Waals surface area contributed by atoms with Crippen LogP contribution in [0.25, 0.3) is 66.8 Å². The fraction of sp³-hybridized carbons (Fsp3) is 0.0526. The first-order valence-corrected chi connectivity index (χ1v) is 47.5. The molecule has 0 heterocycles. The molecule has 3 unspecified atom stereocenters. The van der Waals surface area contributed by atoms with Gasteiger partial charge in [-0.15, -0.1) is 0 Å². The molecule has 0 aliphatic heterocycles. The first kappa shape index (κ1) is 86.5. The van der Waals surface area contributed by atoms with Crippen molar-refractivity contribution in [2.45, 2.75) is 80.0 Å². The number of hydrogen-bond acceptors (Lipinski definition) is 9. The van der Waals surface area contributed by atoms with Gasteiger partial charge in [-0.1, -0.05) is 254 Å². The fourth-order valence-corrected chi connectivity index (χ4v) is 23.8. The Kier molecular flexibility index (Phi) is 29.6. The molecule has 0 radical (unpaired) electrons. The third-order valence-corrected chi connectivity index (χ3v) is 31.0. The Labute approximate surface area is 762 Å². The summed E-state index contributed by atoms with van der Waals surface area (Å²) in [5, 5.41) is 10.6. The summed E-state index contributed by atoms with van der Waals surface area (Å²) in [6, 6.07) is 160. The van der Waals surface area contributed by atoms with Crippen molar-refractivity contribution in [2.75, 3.05) is 35.5 Å². The fourth-order valence-electron chi connectivity index (χ4n) is 14.7. The zero-order valence-corrected chi connectivity index (χ0v) is 75.3. The third-order valence-electron chi connectivity index (χ3n) is 21.2. The average molecular weight is 1750 g/mol. The van der Waals surface area contributed by atoms with E-state index in [2.05, 4.69) is 382 Å². The molecule has 0 amide bonds. The zero-order chi connectivity index (χ0) is 86.2. The Morgan fingerprint density at radius 1 is 0.198 bits per heavy atom. The minimum absolute atomic E-state index is 0.0355. The molecule has 618 valence electrons. The van der Waals surface area contributed by atoms with E-state index in [4.69, 9.17) is 23.7 Å². The second-order valence-electron chi connectivity index (χ2n) is 29.2. The molecule has 12 heteroatoms. The Balaban J connectivity index is 0.000000139. The maximum Gasteiger partial charge on any atom is 0.208 e. The van der Waals surface area contributed by atoms with Gasteiger partial charge in [-0.2, -0.15) is 0 Å². The summed E-state index contributed by atoms with van der Waals surface area (Å²) in [6.45, 7) is -0.0355. The van der Waals surface area contributed by atoms with Gasteiger partial charge in [0.25, 0.3) is 0 Å². The molecule has 6 nitrogen and oxygen atoms in total. The zero-order valence-electron chi connectivity index (χ0n) is 70.4. The Bertz CT molecular complexity index is 6440. The summed E-state index contributed by atoms with van der Waals surface area (Å²) in [5.41, 5.74) is 15.2. The lowest BCUT2D eigenvalue weighted by atomic mass is 10.1. The van der Waals surface area contributed by atoms with Crippen molar-refractivity contribution in [3.05, 3.63) is 461 Å². The lowest BCUT2D eigenvalue weighted by Crippen LogP contribution is -2.08. The van der Waals surface area contributed by atoms with Gasteiger partial charge in [-0.05, 0) is 291 Å². The van der Waals surface area contributed by atoms with Crippen molar-refractivity contribution in [3.63, 3.8) is 0 Å². The predicted octanol–water partition coefficient (Wildman–Crippen LogP) is 30.3. The molecule has 0 spiro atoms. The molecule has 0 aromatic heterocycles. The normalized spacial score (nSPS) is 11.6. The number of hydrogen-bond donors (Lipinski definition) is 1. The number of benzene rings is 18. The minimum atomic E-state index is -0.431. The van der Waals surface area contributed by atoms with E-state index in [1.54, 1.807) is 70.8 Å². The second-order valence-corrected chi connectivity index (χ2v) is 38.6. The molecule has 0 fully saturated rings. The lowest BCUT2D eigenvalue weighted by Gasteiger charge is -2.14. The average Bonchev–Trinajstić information content (AvgIpc) is 0.790. The SMILES string of the molecule is COc1cc([S+](c2ccc(-c3ccccc3)cc2)c2ccccc2OC)ccc1Sc1ccc(-c2ccccc2)cc1.COc1cccc(-c2ccc(Sc3ccc([S+](c4ccccc4)c4ccc(-c5cccc(OC)c5)cc4)cc3)cc2)c1.COc1cccc([S+](c2ccc(-c3ccccc3)cc2)c2ccc(Sc3ccc(-c4ccccc4)cc3)cc2CO)c1. The Morgan fingerprint density at radius 2 is 0.492 bits per heavy atom. The number of ether oxygens (including phenoxy) is 5. The molecular weight excluding hydrogens is 1660 g/mol. The third kappa shape index (κ3) is 21.8. The maximum absolute atomic E-state index is 10.6. The summed E-state index contributed by atoms with van der Waals surface area (Å²) >= 11 is 5.21. The minimum Gasteiger partial charge on any atom is -0.497 e. The van der Waals surface area contributed by atoms with E-state index in [1.807, 2.05) is 72.8 Å². The number of aliphatic hydroxyl groups is 1. The highest BCUT2D eigenvalue weighted by atomic mass is 32.2. The van der Waals surface area contributed by atoms with E-state index in [0.717, 1.165) is 74.8 Å². The molecular formula is C114H93O6S6+3. The molecule has 18 aromatic carbocycles. The van der Waals surface area contributed by atoms with E-state index < -0.39 is 21.8 Å². The van der Waals surface area contributed by atoms with Crippen LogP contribution < -0.4 is 23.7 Å². The molecule has 1 N–H and O–H groups in total. The van der Waals surface area contributed by atoms with E-state index in [-0.39, 0.29) is 17.5 Å². The van der Waals surface area contributed by atoms with Gasteiger partial charge in [0.2, 0.25) is 4.90 Å². The topological polar surface area (TPSA) is 66.4 Å². The van der Waals surface area contributed by atoms with E-state index >= 15 is 0 Å². The van der Waals surface area contributed by atoms with Crippen molar-refractivity contribution in [2.24, 2.45) is 0 Å². The highest BCUT2D eigenvalue weighted by Gasteiger charge is 2.35. The van der Waals surface area contributed by atoms with E-state index in [9.17, 15) is 5.11 Å². The van der Waals surface area contributed by atoms with Crippen molar-refractivity contribution in [1.29, 1.82) is 0 Å². The molecule has 0 aliphatic rings. The van der Waals surface area contributed by atoms with E-state index in [1.165, 1.54) is 99.7 Å². The predicted molar refractivity (Wildman–Crippen MR) is 527 cm³/mol. The summed E-state index contributed by atoms with van der Waals surface area (Å²) in [5.74, 6) is 4.30. The molecule has 0 saturated carbocycles.